The fraction of sp³-hybridized carbons (Fsp3) is 0.333. The van der Waals surface area contributed by atoms with Crippen LogP contribution in [0.15, 0.2) is 28.7 Å². The number of benzene rings is 1. The van der Waals surface area contributed by atoms with E-state index in [1.807, 2.05) is 52.0 Å². The molecular weight excluding hydrogens is 212 g/mol. The molecule has 0 bridgehead atoms. The zero-order valence-corrected chi connectivity index (χ0v) is 10.7. The quantitative estimate of drug-likeness (QED) is 0.855. The van der Waals surface area contributed by atoms with E-state index in [1.165, 1.54) is 5.56 Å². The fourth-order valence-corrected chi connectivity index (χ4v) is 2.13. The van der Waals surface area contributed by atoms with Crippen molar-refractivity contribution in [3.05, 3.63) is 58.0 Å². The highest BCUT2D eigenvalue weighted by Crippen LogP contribution is 2.31. The standard InChI is InChI=1S/C15H18O2/c1-9-5-7-13(8-6-9)15(16)14-10(2)11(3)17-12(14)4/h5-8,15-16H,1-4H3. The lowest BCUT2D eigenvalue weighted by molar-refractivity contribution is 0.217. The first kappa shape index (κ1) is 11.9. The van der Waals surface area contributed by atoms with E-state index in [0.717, 1.165) is 28.2 Å². The summed E-state index contributed by atoms with van der Waals surface area (Å²) in [5.41, 5.74) is 4.03. The molecular formula is C15H18O2. The molecule has 0 aliphatic carbocycles. The van der Waals surface area contributed by atoms with Crippen LogP contribution in [-0.4, -0.2) is 5.11 Å². The van der Waals surface area contributed by atoms with Crippen molar-refractivity contribution < 1.29 is 9.52 Å². The molecule has 1 heterocycles. The van der Waals surface area contributed by atoms with Crippen molar-refractivity contribution in [3.63, 3.8) is 0 Å². The summed E-state index contributed by atoms with van der Waals surface area (Å²) in [6.45, 7) is 7.84. The molecule has 2 aromatic rings. The lowest BCUT2D eigenvalue weighted by atomic mass is 9.97. The highest BCUT2D eigenvalue weighted by molar-refractivity contribution is 5.39. The van der Waals surface area contributed by atoms with Gasteiger partial charge in [0.25, 0.3) is 0 Å². The molecule has 17 heavy (non-hydrogen) atoms. The number of rotatable bonds is 2. The maximum absolute atomic E-state index is 10.4. The predicted molar refractivity (Wildman–Crippen MR) is 68.2 cm³/mol. The third kappa shape index (κ3) is 2.13. The first-order valence-electron chi connectivity index (χ1n) is 5.82. The molecule has 1 aromatic carbocycles. The summed E-state index contributed by atoms with van der Waals surface area (Å²) in [4.78, 5) is 0. The molecule has 0 fully saturated rings. The highest BCUT2D eigenvalue weighted by Gasteiger charge is 2.20. The average molecular weight is 230 g/mol. The Balaban J connectivity index is 2.43. The van der Waals surface area contributed by atoms with Crippen molar-refractivity contribution >= 4 is 0 Å². The van der Waals surface area contributed by atoms with Crippen LogP contribution in [0.2, 0.25) is 0 Å². The number of hydrogen-bond donors (Lipinski definition) is 1. The van der Waals surface area contributed by atoms with Crippen LogP contribution < -0.4 is 0 Å². The lowest BCUT2D eigenvalue weighted by Gasteiger charge is -2.12. The predicted octanol–water partition coefficient (Wildman–Crippen LogP) is 3.59. The third-order valence-electron chi connectivity index (χ3n) is 3.28. The monoisotopic (exact) mass is 230 g/mol. The molecule has 0 aliphatic heterocycles. The second-order valence-electron chi connectivity index (χ2n) is 4.57. The van der Waals surface area contributed by atoms with Crippen molar-refractivity contribution in [3.8, 4) is 0 Å². The molecule has 0 amide bonds. The van der Waals surface area contributed by atoms with Crippen LogP contribution in [0.5, 0.6) is 0 Å². The summed E-state index contributed by atoms with van der Waals surface area (Å²) < 4.78 is 5.55. The van der Waals surface area contributed by atoms with Gasteiger partial charge < -0.3 is 9.52 Å². The van der Waals surface area contributed by atoms with Crippen LogP contribution >= 0.6 is 0 Å². The fourth-order valence-electron chi connectivity index (χ4n) is 2.13. The molecule has 1 unspecified atom stereocenters. The molecule has 0 saturated heterocycles. The minimum atomic E-state index is -0.604. The highest BCUT2D eigenvalue weighted by atomic mass is 16.3. The molecule has 1 atom stereocenters. The number of furan rings is 1. The number of aliphatic hydroxyl groups is 1. The first-order valence-corrected chi connectivity index (χ1v) is 5.82. The molecule has 2 heteroatoms. The summed E-state index contributed by atoms with van der Waals surface area (Å²) in [6.07, 6.45) is -0.604. The average Bonchev–Trinajstić information content (AvgIpc) is 2.53. The van der Waals surface area contributed by atoms with E-state index >= 15 is 0 Å². The van der Waals surface area contributed by atoms with Gasteiger partial charge in [-0.2, -0.15) is 0 Å². The molecule has 2 nitrogen and oxygen atoms in total. The van der Waals surface area contributed by atoms with E-state index in [9.17, 15) is 5.11 Å². The largest absolute Gasteiger partial charge is 0.466 e. The van der Waals surface area contributed by atoms with E-state index in [-0.39, 0.29) is 0 Å². The Bertz CT molecular complexity index is 521. The first-order chi connectivity index (χ1) is 8.00. The van der Waals surface area contributed by atoms with E-state index in [1.54, 1.807) is 0 Å². The smallest absolute Gasteiger partial charge is 0.108 e. The number of aryl methyl sites for hydroxylation is 3. The third-order valence-corrected chi connectivity index (χ3v) is 3.28. The molecule has 0 spiro atoms. The van der Waals surface area contributed by atoms with Crippen molar-refractivity contribution in [2.75, 3.05) is 0 Å². The van der Waals surface area contributed by atoms with E-state index < -0.39 is 6.10 Å². The summed E-state index contributed by atoms with van der Waals surface area (Å²) in [7, 11) is 0. The van der Waals surface area contributed by atoms with Gasteiger partial charge in [-0.25, -0.2) is 0 Å². The molecule has 0 aliphatic rings. The van der Waals surface area contributed by atoms with Gasteiger partial charge >= 0.3 is 0 Å². The minimum Gasteiger partial charge on any atom is -0.466 e. The van der Waals surface area contributed by atoms with Crippen molar-refractivity contribution in [1.82, 2.24) is 0 Å². The van der Waals surface area contributed by atoms with Gasteiger partial charge in [0.05, 0.1) is 0 Å². The van der Waals surface area contributed by atoms with Gasteiger partial charge in [0.15, 0.2) is 0 Å². The number of aliphatic hydroxyl groups excluding tert-OH is 1. The summed E-state index contributed by atoms with van der Waals surface area (Å²) in [5, 5.41) is 10.4. The van der Waals surface area contributed by atoms with Gasteiger partial charge in [0.2, 0.25) is 0 Å². The Kier molecular flexibility index (Phi) is 3.07. The lowest BCUT2D eigenvalue weighted by Crippen LogP contribution is -2.01. The van der Waals surface area contributed by atoms with Crippen LogP contribution in [0.3, 0.4) is 0 Å². The second-order valence-corrected chi connectivity index (χ2v) is 4.57. The van der Waals surface area contributed by atoms with Crippen LogP contribution in [0, 0.1) is 27.7 Å². The van der Waals surface area contributed by atoms with Gasteiger partial charge in [-0.1, -0.05) is 29.8 Å². The van der Waals surface area contributed by atoms with Gasteiger partial charge in [-0.3, -0.25) is 0 Å². The van der Waals surface area contributed by atoms with Crippen LogP contribution in [-0.2, 0) is 0 Å². The molecule has 0 saturated carbocycles. The molecule has 90 valence electrons. The Morgan fingerprint density at radius 1 is 0.941 bits per heavy atom. The maximum atomic E-state index is 10.4. The van der Waals surface area contributed by atoms with Gasteiger partial charge in [0, 0.05) is 5.56 Å². The van der Waals surface area contributed by atoms with Gasteiger partial charge in [-0.15, -0.1) is 0 Å². The van der Waals surface area contributed by atoms with E-state index in [2.05, 4.69) is 0 Å². The Hall–Kier alpha value is -1.54. The van der Waals surface area contributed by atoms with Crippen LogP contribution in [0.1, 0.15) is 39.9 Å². The van der Waals surface area contributed by atoms with Crippen molar-refractivity contribution in [1.29, 1.82) is 0 Å². The SMILES string of the molecule is Cc1ccc(C(O)c2c(C)oc(C)c2C)cc1. The Labute approximate surface area is 102 Å². The Morgan fingerprint density at radius 3 is 2.00 bits per heavy atom. The molecule has 1 aromatic heterocycles. The van der Waals surface area contributed by atoms with Gasteiger partial charge in [-0.05, 0) is 38.8 Å². The zero-order chi connectivity index (χ0) is 12.6. The molecule has 2 rings (SSSR count). The van der Waals surface area contributed by atoms with Crippen LogP contribution in [0.25, 0.3) is 0 Å². The summed E-state index contributed by atoms with van der Waals surface area (Å²) in [5.74, 6) is 1.68. The summed E-state index contributed by atoms with van der Waals surface area (Å²) >= 11 is 0. The molecule has 1 N–H and O–H groups in total. The van der Waals surface area contributed by atoms with Crippen molar-refractivity contribution in [2.45, 2.75) is 33.8 Å². The minimum absolute atomic E-state index is 0.604. The topological polar surface area (TPSA) is 33.4 Å². The van der Waals surface area contributed by atoms with E-state index in [4.69, 9.17) is 4.42 Å². The second kappa shape index (κ2) is 4.38. The van der Waals surface area contributed by atoms with Crippen molar-refractivity contribution in [2.24, 2.45) is 0 Å². The van der Waals surface area contributed by atoms with Gasteiger partial charge in [0.1, 0.15) is 17.6 Å². The Morgan fingerprint density at radius 2 is 1.53 bits per heavy atom. The summed E-state index contributed by atoms with van der Waals surface area (Å²) in [6, 6.07) is 7.94. The molecule has 0 radical (unpaired) electrons. The van der Waals surface area contributed by atoms with Crippen LogP contribution in [0.4, 0.5) is 0 Å². The number of hydrogen-bond acceptors (Lipinski definition) is 2. The van der Waals surface area contributed by atoms with E-state index in [0.29, 0.717) is 0 Å². The maximum Gasteiger partial charge on any atom is 0.108 e. The normalized spacial score (nSPS) is 12.8. The zero-order valence-electron chi connectivity index (χ0n) is 10.7.